The van der Waals surface area contributed by atoms with Crippen LogP contribution in [0.1, 0.15) is 26.2 Å². The van der Waals surface area contributed by atoms with Crippen molar-refractivity contribution in [1.29, 1.82) is 0 Å². The van der Waals surface area contributed by atoms with Gasteiger partial charge in [-0.1, -0.05) is 30.3 Å². The molecule has 176 valence electrons. The van der Waals surface area contributed by atoms with Gasteiger partial charge in [-0.25, -0.2) is 13.4 Å². The molecule has 4 rings (SSSR count). The average Bonchev–Trinajstić information content (AvgIpc) is 3.20. The molecule has 2 aromatic carbocycles. The maximum atomic E-state index is 13.1. The number of sulfonamides is 1. The van der Waals surface area contributed by atoms with Crippen LogP contribution in [-0.4, -0.2) is 54.1 Å². The van der Waals surface area contributed by atoms with Crippen molar-refractivity contribution in [2.45, 2.75) is 42.8 Å². The first-order valence-corrected chi connectivity index (χ1v) is 13.4. The van der Waals surface area contributed by atoms with Crippen LogP contribution in [0, 0.1) is 0 Å². The molecule has 1 saturated heterocycles. The molecule has 0 atom stereocenters. The van der Waals surface area contributed by atoms with Crippen LogP contribution in [-0.2, 0) is 21.4 Å². The first-order chi connectivity index (χ1) is 15.9. The molecule has 2 heterocycles. The van der Waals surface area contributed by atoms with Crippen LogP contribution in [0.5, 0.6) is 5.75 Å². The van der Waals surface area contributed by atoms with E-state index in [0.717, 1.165) is 24.8 Å². The van der Waals surface area contributed by atoms with Gasteiger partial charge in [0, 0.05) is 19.6 Å². The zero-order chi connectivity index (χ0) is 23.4. The van der Waals surface area contributed by atoms with Crippen LogP contribution in [0.2, 0.25) is 0 Å². The van der Waals surface area contributed by atoms with Crippen LogP contribution >= 0.6 is 11.8 Å². The average molecular weight is 489 g/mol. The standard InChI is InChI=1S/C23H28N4O4S2/c1-3-27-20-12-11-17(33(29,30)26-13-7-4-8-14-26)15-19(20)25-23(27)32-16-22(28)24-18-9-5-6-10-21(18)31-2/h5-6,9-12,15H,3-4,7-8,13-14,16H2,1-2H3,(H,24,28). The van der Waals surface area contributed by atoms with E-state index in [1.54, 1.807) is 35.7 Å². The lowest BCUT2D eigenvalue weighted by molar-refractivity contribution is -0.113. The lowest BCUT2D eigenvalue weighted by atomic mass is 10.2. The first-order valence-electron chi connectivity index (χ1n) is 11.0. The van der Waals surface area contributed by atoms with Gasteiger partial charge in [-0.3, -0.25) is 4.79 Å². The van der Waals surface area contributed by atoms with Gasteiger partial charge in [-0.05, 0) is 50.1 Å². The van der Waals surface area contributed by atoms with E-state index < -0.39 is 10.0 Å². The Balaban J connectivity index is 1.52. The van der Waals surface area contributed by atoms with Crippen molar-refractivity contribution in [3.05, 3.63) is 42.5 Å². The Hall–Kier alpha value is -2.56. The molecule has 0 radical (unpaired) electrons. The van der Waals surface area contributed by atoms with E-state index in [1.165, 1.54) is 11.8 Å². The van der Waals surface area contributed by atoms with Gasteiger partial charge < -0.3 is 14.6 Å². The van der Waals surface area contributed by atoms with E-state index in [4.69, 9.17) is 4.74 Å². The molecule has 1 fully saturated rings. The summed E-state index contributed by atoms with van der Waals surface area (Å²) in [6.07, 6.45) is 2.85. The fourth-order valence-corrected chi connectivity index (χ4v) is 6.40. The minimum atomic E-state index is -3.53. The zero-order valence-corrected chi connectivity index (χ0v) is 20.4. The molecule has 10 heteroatoms. The number of nitrogens with zero attached hydrogens (tertiary/aromatic N) is 3. The van der Waals surface area contributed by atoms with Crippen LogP contribution in [0.4, 0.5) is 5.69 Å². The molecular weight excluding hydrogens is 460 g/mol. The molecular formula is C23H28N4O4S2. The minimum Gasteiger partial charge on any atom is -0.495 e. The van der Waals surface area contributed by atoms with E-state index >= 15 is 0 Å². The summed E-state index contributed by atoms with van der Waals surface area (Å²) in [5.74, 6) is 0.590. The van der Waals surface area contributed by atoms with Crippen molar-refractivity contribution in [3.63, 3.8) is 0 Å². The summed E-state index contributed by atoms with van der Waals surface area (Å²) in [5.41, 5.74) is 2.08. The summed E-state index contributed by atoms with van der Waals surface area (Å²) in [4.78, 5) is 17.4. The number of carbonyl (C=O) groups excluding carboxylic acids is 1. The molecule has 1 aliphatic heterocycles. The van der Waals surface area contributed by atoms with Crippen LogP contribution in [0.3, 0.4) is 0 Å². The summed E-state index contributed by atoms with van der Waals surface area (Å²) >= 11 is 1.32. The Bertz CT molecular complexity index is 1250. The van der Waals surface area contributed by atoms with Gasteiger partial charge >= 0.3 is 0 Å². The second-order valence-electron chi connectivity index (χ2n) is 7.79. The van der Waals surface area contributed by atoms with Crippen LogP contribution < -0.4 is 10.1 Å². The molecule has 0 unspecified atom stereocenters. The first kappa shape index (κ1) is 23.6. The Morgan fingerprint density at radius 1 is 1.15 bits per heavy atom. The third-order valence-electron chi connectivity index (χ3n) is 5.67. The van der Waals surface area contributed by atoms with Crippen molar-refractivity contribution < 1.29 is 17.9 Å². The maximum absolute atomic E-state index is 13.1. The van der Waals surface area contributed by atoms with Crippen molar-refractivity contribution >= 4 is 44.4 Å². The number of carbonyl (C=O) groups is 1. The zero-order valence-electron chi connectivity index (χ0n) is 18.8. The summed E-state index contributed by atoms with van der Waals surface area (Å²) in [6, 6.07) is 12.3. The number of ether oxygens (including phenoxy) is 1. The van der Waals surface area contributed by atoms with Gasteiger partial charge in [0.1, 0.15) is 5.75 Å². The number of benzene rings is 2. The molecule has 1 aromatic heterocycles. The molecule has 3 aromatic rings. The second kappa shape index (κ2) is 10.1. The van der Waals surface area contributed by atoms with E-state index in [0.29, 0.717) is 41.7 Å². The molecule has 33 heavy (non-hydrogen) atoms. The number of rotatable bonds is 8. The predicted octanol–water partition coefficient (Wildman–Crippen LogP) is 3.97. The fraction of sp³-hybridized carbons (Fsp3) is 0.391. The number of amides is 1. The third-order valence-corrected chi connectivity index (χ3v) is 8.54. The van der Waals surface area contributed by atoms with Gasteiger partial charge in [0.05, 0.1) is 34.5 Å². The predicted molar refractivity (Wildman–Crippen MR) is 130 cm³/mol. The number of para-hydroxylation sites is 2. The highest BCUT2D eigenvalue weighted by molar-refractivity contribution is 7.99. The summed E-state index contributed by atoms with van der Waals surface area (Å²) < 4.78 is 34.9. The molecule has 1 aliphatic rings. The fourth-order valence-electron chi connectivity index (χ4n) is 3.98. The highest BCUT2D eigenvalue weighted by Gasteiger charge is 2.26. The topological polar surface area (TPSA) is 93.5 Å². The lowest BCUT2D eigenvalue weighted by Gasteiger charge is -2.25. The van der Waals surface area contributed by atoms with Gasteiger partial charge in [0.2, 0.25) is 15.9 Å². The van der Waals surface area contributed by atoms with E-state index in [2.05, 4.69) is 10.3 Å². The number of aryl methyl sites for hydroxylation is 1. The van der Waals surface area contributed by atoms with Crippen molar-refractivity contribution in [3.8, 4) is 5.75 Å². The van der Waals surface area contributed by atoms with Crippen molar-refractivity contribution in [2.75, 3.05) is 31.3 Å². The van der Waals surface area contributed by atoms with Gasteiger partial charge in [-0.2, -0.15) is 4.31 Å². The van der Waals surface area contributed by atoms with Gasteiger partial charge in [0.15, 0.2) is 5.16 Å². The second-order valence-corrected chi connectivity index (χ2v) is 10.7. The smallest absolute Gasteiger partial charge is 0.243 e. The van der Waals surface area contributed by atoms with Crippen molar-refractivity contribution in [2.24, 2.45) is 0 Å². The quantitative estimate of drug-likeness (QED) is 0.482. The Morgan fingerprint density at radius 3 is 2.64 bits per heavy atom. The molecule has 0 aliphatic carbocycles. The summed E-state index contributed by atoms with van der Waals surface area (Å²) in [6.45, 7) is 3.78. The number of hydrogen-bond acceptors (Lipinski definition) is 6. The Morgan fingerprint density at radius 2 is 1.91 bits per heavy atom. The van der Waals surface area contributed by atoms with E-state index in [9.17, 15) is 13.2 Å². The number of thioether (sulfide) groups is 1. The molecule has 1 amide bonds. The van der Waals surface area contributed by atoms with E-state index in [-0.39, 0.29) is 16.6 Å². The summed E-state index contributed by atoms with van der Waals surface area (Å²) in [5, 5.41) is 3.54. The van der Waals surface area contributed by atoms with E-state index in [1.807, 2.05) is 29.7 Å². The normalized spacial score (nSPS) is 15.0. The Kier molecular flexibility index (Phi) is 7.26. The van der Waals surface area contributed by atoms with Crippen molar-refractivity contribution in [1.82, 2.24) is 13.9 Å². The number of nitrogens with one attached hydrogen (secondary N) is 1. The number of fused-ring (bicyclic) bond motifs is 1. The number of aromatic nitrogens is 2. The minimum absolute atomic E-state index is 0.167. The number of imidazole rings is 1. The summed E-state index contributed by atoms with van der Waals surface area (Å²) in [7, 11) is -1.97. The number of methoxy groups -OCH3 is 1. The highest BCUT2D eigenvalue weighted by Crippen LogP contribution is 2.29. The highest BCUT2D eigenvalue weighted by atomic mass is 32.2. The molecule has 8 nitrogen and oxygen atoms in total. The lowest BCUT2D eigenvalue weighted by Crippen LogP contribution is -2.35. The molecule has 0 spiro atoms. The number of anilines is 1. The van der Waals surface area contributed by atoms with Crippen LogP contribution in [0.25, 0.3) is 11.0 Å². The number of hydrogen-bond donors (Lipinski definition) is 1. The van der Waals surface area contributed by atoms with Crippen LogP contribution in [0.15, 0.2) is 52.5 Å². The van der Waals surface area contributed by atoms with Gasteiger partial charge in [0.25, 0.3) is 0 Å². The molecule has 0 saturated carbocycles. The SMILES string of the molecule is CCn1c(SCC(=O)Nc2ccccc2OC)nc2cc(S(=O)(=O)N3CCCCC3)ccc21. The number of piperidine rings is 1. The molecule has 1 N–H and O–H groups in total. The maximum Gasteiger partial charge on any atom is 0.243 e. The molecule has 0 bridgehead atoms. The third kappa shape index (κ3) is 5.02. The monoisotopic (exact) mass is 488 g/mol. The van der Waals surface area contributed by atoms with Gasteiger partial charge in [-0.15, -0.1) is 0 Å². The Labute approximate surface area is 198 Å². The largest absolute Gasteiger partial charge is 0.495 e.